The smallest absolute Gasteiger partial charge is 0.304 e. The molecule has 2 rings (SSSR count). The Morgan fingerprint density at radius 3 is 2.65 bits per heavy atom. The molecule has 7 heteroatoms. The average Bonchev–Trinajstić information content (AvgIpc) is 2.97. The van der Waals surface area contributed by atoms with Gasteiger partial charge in [-0.3, -0.25) is 14.9 Å². The Balaban J connectivity index is 2.15. The SMILES string of the molecule is NC1(C(=O)Nc2ccc([N+](=O)[O-])c(F)c2)CC1. The van der Waals surface area contributed by atoms with Crippen LogP contribution in [0.25, 0.3) is 0 Å². The van der Waals surface area contributed by atoms with Gasteiger partial charge in [0.1, 0.15) is 0 Å². The molecule has 6 nitrogen and oxygen atoms in total. The maximum Gasteiger partial charge on any atom is 0.304 e. The number of benzene rings is 1. The first-order valence-electron chi connectivity index (χ1n) is 4.97. The van der Waals surface area contributed by atoms with Crippen molar-refractivity contribution in [1.82, 2.24) is 0 Å². The van der Waals surface area contributed by atoms with Crippen LogP contribution in [0.2, 0.25) is 0 Å². The van der Waals surface area contributed by atoms with E-state index in [1.807, 2.05) is 0 Å². The molecule has 1 saturated carbocycles. The van der Waals surface area contributed by atoms with Gasteiger partial charge in [-0.05, 0) is 18.9 Å². The number of nitrogens with two attached hydrogens (primary N) is 1. The van der Waals surface area contributed by atoms with E-state index in [1.165, 1.54) is 6.07 Å². The van der Waals surface area contributed by atoms with Gasteiger partial charge in [-0.15, -0.1) is 0 Å². The highest BCUT2D eigenvalue weighted by Gasteiger charge is 2.45. The molecule has 1 amide bonds. The van der Waals surface area contributed by atoms with Crippen molar-refractivity contribution >= 4 is 17.3 Å². The van der Waals surface area contributed by atoms with Crippen LogP contribution in [0.4, 0.5) is 15.8 Å². The number of hydrogen-bond donors (Lipinski definition) is 2. The van der Waals surface area contributed by atoms with Gasteiger partial charge in [0.15, 0.2) is 0 Å². The van der Waals surface area contributed by atoms with Gasteiger partial charge in [0.2, 0.25) is 11.7 Å². The fourth-order valence-electron chi connectivity index (χ4n) is 1.35. The standard InChI is InChI=1S/C10H10FN3O3/c11-7-5-6(1-2-8(7)14(16)17)13-9(15)10(12)3-4-10/h1-2,5H,3-4,12H2,(H,13,15). The third-order valence-corrected chi connectivity index (χ3v) is 2.64. The number of amides is 1. The predicted molar refractivity (Wildman–Crippen MR) is 57.8 cm³/mol. The number of halogens is 1. The highest BCUT2D eigenvalue weighted by Crippen LogP contribution is 2.33. The molecule has 0 saturated heterocycles. The monoisotopic (exact) mass is 239 g/mol. The Labute approximate surface area is 95.8 Å². The topological polar surface area (TPSA) is 98.3 Å². The van der Waals surface area contributed by atoms with Crippen LogP contribution in [0, 0.1) is 15.9 Å². The van der Waals surface area contributed by atoms with Crippen LogP contribution >= 0.6 is 0 Å². The molecule has 0 radical (unpaired) electrons. The molecule has 1 aromatic rings. The normalized spacial score (nSPS) is 16.4. The maximum atomic E-state index is 13.2. The van der Waals surface area contributed by atoms with E-state index < -0.39 is 27.9 Å². The highest BCUT2D eigenvalue weighted by molar-refractivity contribution is 6.00. The van der Waals surface area contributed by atoms with E-state index >= 15 is 0 Å². The highest BCUT2D eigenvalue weighted by atomic mass is 19.1. The minimum absolute atomic E-state index is 0.162. The van der Waals surface area contributed by atoms with E-state index in [0.29, 0.717) is 12.8 Å². The summed E-state index contributed by atoms with van der Waals surface area (Å²) in [6.07, 6.45) is 1.18. The maximum absolute atomic E-state index is 13.2. The van der Waals surface area contributed by atoms with Crippen molar-refractivity contribution < 1.29 is 14.1 Å². The average molecular weight is 239 g/mol. The Kier molecular flexibility index (Phi) is 2.55. The third kappa shape index (κ3) is 2.23. The fraction of sp³-hybridized carbons (Fsp3) is 0.300. The zero-order chi connectivity index (χ0) is 12.6. The zero-order valence-electron chi connectivity index (χ0n) is 8.77. The molecule has 17 heavy (non-hydrogen) atoms. The molecule has 90 valence electrons. The van der Waals surface area contributed by atoms with E-state index in [1.54, 1.807) is 0 Å². The number of nitro benzene ring substituents is 1. The quantitative estimate of drug-likeness (QED) is 0.610. The summed E-state index contributed by atoms with van der Waals surface area (Å²) in [5, 5.41) is 12.8. The van der Waals surface area contributed by atoms with Gasteiger partial charge in [-0.25, -0.2) is 0 Å². The fourth-order valence-corrected chi connectivity index (χ4v) is 1.35. The Bertz CT molecular complexity index is 500. The van der Waals surface area contributed by atoms with E-state index in [9.17, 15) is 19.3 Å². The molecule has 1 aromatic carbocycles. The van der Waals surface area contributed by atoms with E-state index in [-0.39, 0.29) is 5.69 Å². The van der Waals surface area contributed by atoms with E-state index in [0.717, 1.165) is 12.1 Å². The lowest BCUT2D eigenvalue weighted by Crippen LogP contribution is -2.37. The molecule has 0 aromatic heterocycles. The van der Waals surface area contributed by atoms with E-state index in [4.69, 9.17) is 5.73 Å². The number of anilines is 1. The second-order valence-electron chi connectivity index (χ2n) is 4.03. The van der Waals surface area contributed by atoms with Crippen molar-refractivity contribution in [3.63, 3.8) is 0 Å². The van der Waals surface area contributed by atoms with Crippen molar-refractivity contribution in [3.8, 4) is 0 Å². The molecule has 0 bridgehead atoms. The van der Waals surface area contributed by atoms with Gasteiger partial charge in [-0.2, -0.15) is 4.39 Å². The lowest BCUT2D eigenvalue weighted by molar-refractivity contribution is -0.387. The summed E-state index contributed by atoms with van der Waals surface area (Å²) in [6.45, 7) is 0. The van der Waals surface area contributed by atoms with Gasteiger partial charge in [0, 0.05) is 17.8 Å². The summed E-state index contributed by atoms with van der Waals surface area (Å²) in [4.78, 5) is 21.1. The van der Waals surface area contributed by atoms with Crippen LogP contribution in [-0.4, -0.2) is 16.4 Å². The Hall–Kier alpha value is -2.02. The van der Waals surface area contributed by atoms with Crippen molar-refractivity contribution in [3.05, 3.63) is 34.1 Å². The summed E-state index contributed by atoms with van der Waals surface area (Å²) in [6, 6.07) is 3.17. The summed E-state index contributed by atoms with van der Waals surface area (Å²) in [5.41, 5.74) is 4.31. The molecule has 0 unspecified atom stereocenters. The number of rotatable bonds is 3. The van der Waals surface area contributed by atoms with Crippen molar-refractivity contribution in [2.75, 3.05) is 5.32 Å². The molecular weight excluding hydrogens is 229 g/mol. The van der Waals surface area contributed by atoms with Crippen LogP contribution < -0.4 is 11.1 Å². The summed E-state index contributed by atoms with van der Waals surface area (Å²) in [7, 11) is 0. The molecule has 0 heterocycles. The van der Waals surface area contributed by atoms with Gasteiger partial charge < -0.3 is 11.1 Å². The second kappa shape index (κ2) is 3.77. The second-order valence-corrected chi connectivity index (χ2v) is 4.03. The molecule has 1 aliphatic rings. The van der Waals surface area contributed by atoms with Crippen LogP contribution in [-0.2, 0) is 4.79 Å². The van der Waals surface area contributed by atoms with Gasteiger partial charge in [0.25, 0.3) is 0 Å². The molecule has 3 N–H and O–H groups in total. The lowest BCUT2D eigenvalue weighted by atomic mass is 10.2. The number of carbonyl (C=O) groups excluding carboxylic acids is 1. The van der Waals surface area contributed by atoms with Crippen molar-refractivity contribution in [2.24, 2.45) is 5.73 Å². The van der Waals surface area contributed by atoms with Crippen molar-refractivity contribution in [2.45, 2.75) is 18.4 Å². The molecule has 1 aliphatic carbocycles. The Morgan fingerprint density at radius 2 is 2.18 bits per heavy atom. The first-order chi connectivity index (χ1) is 7.92. The number of hydrogen-bond acceptors (Lipinski definition) is 4. The number of nitrogens with zero attached hydrogens (tertiary/aromatic N) is 1. The predicted octanol–water partition coefficient (Wildman–Crippen LogP) is 1.16. The molecule has 0 atom stereocenters. The first-order valence-corrected chi connectivity index (χ1v) is 4.97. The molecule has 0 aliphatic heterocycles. The van der Waals surface area contributed by atoms with Gasteiger partial charge in [0.05, 0.1) is 10.5 Å². The van der Waals surface area contributed by atoms with Crippen LogP contribution in [0.3, 0.4) is 0 Å². The Morgan fingerprint density at radius 1 is 1.53 bits per heavy atom. The summed E-state index contributed by atoms with van der Waals surface area (Å²) in [5.74, 6) is -1.39. The minimum atomic E-state index is -0.991. The van der Waals surface area contributed by atoms with Gasteiger partial charge >= 0.3 is 5.69 Å². The third-order valence-electron chi connectivity index (χ3n) is 2.64. The lowest BCUT2D eigenvalue weighted by Gasteiger charge is -2.09. The van der Waals surface area contributed by atoms with E-state index in [2.05, 4.69) is 5.32 Å². The first kappa shape index (κ1) is 11.5. The minimum Gasteiger partial charge on any atom is -0.324 e. The molecular formula is C10H10FN3O3. The molecule has 1 fully saturated rings. The van der Waals surface area contributed by atoms with Crippen molar-refractivity contribution in [1.29, 1.82) is 0 Å². The number of carbonyl (C=O) groups is 1. The van der Waals surface area contributed by atoms with Crippen LogP contribution in [0.15, 0.2) is 18.2 Å². The van der Waals surface area contributed by atoms with Crippen LogP contribution in [0.5, 0.6) is 0 Å². The number of nitrogens with one attached hydrogen (secondary N) is 1. The zero-order valence-corrected chi connectivity index (χ0v) is 8.77. The summed E-state index contributed by atoms with van der Waals surface area (Å²) < 4.78 is 13.2. The van der Waals surface area contributed by atoms with Gasteiger partial charge in [-0.1, -0.05) is 0 Å². The summed E-state index contributed by atoms with van der Waals surface area (Å²) >= 11 is 0. The number of nitro groups is 1. The van der Waals surface area contributed by atoms with Crippen LogP contribution in [0.1, 0.15) is 12.8 Å². The molecule has 0 spiro atoms. The largest absolute Gasteiger partial charge is 0.324 e.